The molecule has 0 N–H and O–H groups in total. The molecule has 2 unspecified atom stereocenters. The van der Waals surface area contributed by atoms with Gasteiger partial charge in [-0.2, -0.15) is 0 Å². The maximum absolute atomic E-state index is 12.7. The Morgan fingerprint density at radius 1 is 0.484 bits per heavy atom. The van der Waals surface area contributed by atoms with Gasteiger partial charge in [0.25, 0.3) is 7.82 Å². The molecule has 376 valence electrons. The van der Waals surface area contributed by atoms with Crippen LogP contribution in [0, 0.1) is 0 Å². The molecule has 2 atom stereocenters. The van der Waals surface area contributed by atoms with Gasteiger partial charge in [0.1, 0.15) is 19.8 Å². The van der Waals surface area contributed by atoms with Crippen molar-refractivity contribution < 1.29 is 42.1 Å². The van der Waals surface area contributed by atoms with Crippen LogP contribution < -0.4 is 4.89 Å². The predicted molar refractivity (Wildman–Crippen MR) is 268 cm³/mol. The number of phosphoric ester groups is 1. The minimum atomic E-state index is -4.63. The van der Waals surface area contributed by atoms with E-state index in [1.54, 1.807) is 0 Å². The lowest BCUT2D eigenvalue weighted by molar-refractivity contribution is -0.870. The summed E-state index contributed by atoms with van der Waals surface area (Å²) in [6.07, 6.45) is 54.8. The molecule has 0 rings (SSSR count). The molecule has 0 aromatic carbocycles. The number of ether oxygens (including phenoxy) is 2. The number of hydrogen-bond donors (Lipinski definition) is 0. The van der Waals surface area contributed by atoms with Crippen molar-refractivity contribution in [2.45, 2.75) is 251 Å². The van der Waals surface area contributed by atoms with Gasteiger partial charge in [-0.15, -0.1) is 0 Å². The van der Waals surface area contributed by atoms with Crippen molar-refractivity contribution in [3.8, 4) is 0 Å². The van der Waals surface area contributed by atoms with Crippen LogP contribution in [-0.4, -0.2) is 70.0 Å². The fraction of sp³-hybridized carbons (Fsp3) is 0.852. The number of hydrogen-bond acceptors (Lipinski definition) is 8. The molecule has 0 aliphatic heterocycles. The van der Waals surface area contributed by atoms with E-state index >= 15 is 0 Å². The molecule has 64 heavy (non-hydrogen) atoms. The smallest absolute Gasteiger partial charge is 0.306 e. The Bertz CT molecular complexity index is 1180. The Balaban J connectivity index is 4.09. The van der Waals surface area contributed by atoms with E-state index in [2.05, 4.69) is 50.3 Å². The first kappa shape index (κ1) is 62.2. The standard InChI is InChI=1S/C54H102NO8P/c1-6-8-10-12-14-16-18-20-21-22-23-24-25-26-27-28-29-30-31-32-33-35-36-38-40-42-44-46-53(56)60-50-52(51-62-64(58,59)61-49-48-55(3,4)5)63-54(57)47-45-43-41-39-37-34-19-17-15-13-11-9-7-2/h11,13,17,19,22-23,52H,6-10,12,14-16,18,20-21,24-51H2,1-5H3/b13-11-,19-17-,23-22-. The number of likely N-dealkylation sites (N-methyl/N-ethyl adjacent to an activating group) is 1. The molecule has 0 saturated carbocycles. The molecule has 0 aliphatic rings. The molecule has 0 bridgehead atoms. The maximum Gasteiger partial charge on any atom is 0.306 e. The molecule has 0 aromatic heterocycles. The molecule has 0 radical (unpaired) electrons. The summed E-state index contributed by atoms with van der Waals surface area (Å²) in [7, 11) is 1.16. The van der Waals surface area contributed by atoms with Crippen molar-refractivity contribution in [2.75, 3.05) is 47.5 Å². The van der Waals surface area contributed by atoms with Crippen LogP contribution in [0.4, 0.5) is 0 Å². The van der Waals surface area contributed by atoms with E-state index in [1.165, 1.54) is 148 Å². The van der Waals surface area contributed by atoms with E-state index in [9.17, 15) is 19.0 Å². The first-order chi connectivity index (χ1) is 31.0. The fourth-order valence-corrected chi connectivity index (χ4v) is 8.18. The minimum absolute atomic E-state index is 0.0330. The van der Waals surface area contributed by atoms with Crippen molar-refractivity contribution in [1.29, 1.82) is 0 Å². The zero-order chi connectivity index (χ0) is 47.1. The van der Waals surface area contributed by atoms with Crippen LogP contribution in [0.1, 0.15) is 245 Å². The number of rotatable bonds is 49. The van der Waals surface area contributed by atoms with E-state index in [0.717, 1.165) is 64.2 Å². The predicted octanol–water partition coefficient (Wildman–Crippen LogP) is 15.4. The molecular formula is C54H102NO8P. The highest BCUT2D eigenvalue weighted by atomic mass is 31.2. The van der Waals surface area contributed by atoms with E-state index in [4.69, 9.17) is 18.5 Å². The van der Waals surface area contributed by atoms with E-state index in [0.29, 0.717) is 17.4 Å². The van der Waals surface area contributed by atoms with Gasteiger partial charge < -0.3 is 27.9 Å². The topological polar surface area (TPSA) is 111 Å². The summed E-state index contributed by atoms with van der Waals surface area (Å²) in [4.78, 5) is 37.7. The van der Waals surface area contributed by atoms with Gasteiger partial charge in [-0.05, 0) is 64.2 Å². The normalized spacial score (nSPS) is 13.7. The first-order valence-corrected chi connectivity index (χ1v) is 28.2. The van der Waals surface area contributed by atoms with Crippen LogP contribution in [0.5, 0.6) is 0 Å². The van der Waals surface area contributed by atoms with Crippen LogP contribution in [0.25, 0.3) is 0 Å². The summed E-state index contributed by atoms with van der Waals surface area (Å²) in [5, 5.41) is 0. The molecular weight excluding hydrogens is 822 g/mol. The molecule has 9 nitrogen and oxygen atoms in total. The fourth-order valence-electron chi connectivity index (χ4n) is 7.45. The van der Waals surface area contributed by atoms with Crippen molar-refractivity contribution in [2.24, 2.45) is 0 Å². The van der Waals surface area contributed by atoms with E-state index in [1.807, 2.05) is 21.1 Å². The number of unbranched alkanes of at least 4 members (excludes halogenated alkanes) is 29. The summed E-state index contributed by atoms with van der Waals surface area (Å²) in [5.74, 6) is -0.843. The number of carbonyl (C=O) groups excluding carboxylic acids is 2. The molecule has 0 amide bonds. The van der Waals surface area contributed by atoms with Gasteiger partial charge in [-0.1, -0.05) is 204 Å². The van der Waals surface area contributed by atoms with Crippen molar-refractivity contribution in [3.05, 3.63) is 36.5 Å². The summed E-state index contributed by atoms with van der Waals surface area (Å²) in [6, 6.07) is 0. The summed E-state index contributed by atoms with van der Waals surface area (Å²) >= 11 is 0. The molecule has 10 heteroatoms. The number of carbonyl (C=O) groups is 2. The third kappa shape index (κ3) is 49.7. The largest absolute Gasteiger partial charge is 0.756 e. The second kappa shape index (κ2) is 46.3. The molecule has 0 saturated heterocycles. The zero-order valence-corrected chi connectivity index (χ0v) is 43.4. The molecule has 0 fully saturated rings. The summed E-state index contributed by atoms with van der Waals surface area (Å²) in [6.45, 7) is 4.17. The highest BCUT2D eigenvalue weighted by Crippen LogP contribution is 2.38. The SMILES string of the molecule is CCC/C=C\C/C=C\CCCCCCCC(=O)OC(COC(=O)CCCCCCCCCCCCCCCCC/C=C\CCCCCCCCCC)COP(=O)([O-])OCC[N+](C)(C)C. The van der Waals surface area contributed by atoms with Gasteiger partial charge in [-0.3, -0.25) is 14.2 Å². The highest BCUT2D eigenvalue weighted by Gasteiger charge is 2.21. The third-order valence-corrected chi connectivity index (χ3v) is 12.6. The van der Waals surface area contributed by atoms with Gasteiger partial charge in [0.05, 0.1) is 27.7 Å². The number of quaternary nitrogens is 1. The number of nitrogens with zero attached hydrogens (tertiary/aromatic N) is 1. The average molecular weight is 924 g/mol. The maximum atomic E-state index is 12.7. The number of esters is 2. The Kier molecular flexibility index (Phi) is 45.1. The Morgan fingerprint density at radius 3 is 1.31 bits per heavy atom. The van der Waals surface area contributed by atoms with Crippen molar-refractivity contribution in [3.63, 3.8) is 0 Å². The molecule has 0 aliphatic carbocycles. The lowest BCUT2D eigenvalue weighted by Crippen LogP contribution is -2.37. The Morgan fingerprint density at radius 2 is 0.875 bits per heavy atom. The van der Waals surface area contributed by atoms with E-state index < -0.39 is 26.5 Å². The van der Waals surface area contributed by atoms with Gasteiger partial charge in [0, 0.05) is 12.8 Å². The Labute approximate surface area is 395 Å². The monoisotopic (exact) mass is 924 g/mol. The minimum Gasteiger partial charge on any atom is -0.756 e. The van der Waals surface area contributed by atoms with Gasteiger partial charge in [0.15, 0.2) is 6.10 Å². The highest BCUT2D eigenvalue weighted by molar-refractivity contribution is 7.45. The van der Waals surface area contributed by atoms with E-state index in [-0.39, 0.29) is 32.0 Å². The van der Waals surface area contributed by atoms with Gasteiger partial charge in [0.2, 0.25) is 0 Å². The van der Waals surface area contributed by atoms with Crippen molar-refractivity contribution >= 4 is 19.8 Å². The van der Waals surface area contributed by atoms with Gasteiger partial charge >= 0.3 is 11.9 Å². The van der Waals surface area contributed by atoms with Gasteiger partial charge in [-0.25, -0.2) is 0 Å². The molecule has 0 aromatic rings. The Hall–Kier alpha value is -1.77. The lowest BCUT2D eigenvalue weighted by Gasteiger charge is -2.28. The quantitative estimate of drug-likeness (QED) is 0.0195. The summed E-state index contributed by atoms with van der Waals surface area (Å²) < 4.78 is 34.0. The van der Waals surface area contributed by atoms with Crippen LogP contribution in [0.2, 0.25) is 0 Å². The lowest BCUT2D eigenvalue weighted by atomic mass is 10.0. The van der Waals surface area contributed by atoms with Crippen molar-refractivity contribution in [1.82, 2.24) is 0 Å². The van der Waals surface area contributed by atoms with Crippen LogP contribution in [0.3, 0.4) is 0 Å². The molecule has 0 spiro atoms. The second-order valence-electron chi connectivity index (χ2n) is 19.2. The number of allylic oxidation sites excluding steroid dienone is 6. The van der Waals surface area contributed by atoms with Crippen LogP contribution in [-0.2, 0) is 32.7 Å². The number of phosphoric acid groups is 1. The summed E-state index contributed by atoms with van der Waals surface area (Å²) in [5.41, 5.74) is 0. The van der Waals surface area contributed by atoms with Crippen LogP contribution >= 0.6 is 7.82 Å². The molecule has 0 heterocycles. The van der Waals surface area contributed by atoms with Crippen LogP contribution in [0.15, 0.2) is 36.5 Å². The average Bonchev–Trinajstić information content (AvgIpc) is 3.25. The third-order valence-electron chi connectivity index (χ3n) is 11.6. The first-order valence-electron chi connectivity index (χ1n) is 26.7. The second-order valence-corrected chi connectivity index (χ2v) is 20.6. The zero-order valence-electron chi connectivity index (χ0n) is 42.5.